The summed E-state index contributed by atoms with van der Waals surface area (Å²) in [4.78, 5) is 11.6. The number of halogens is 10. The molecule has 4 aromatic carbocycles. The van der Waals surface area contributed by atoms with Gasteiger partial charge in [0.25, 0.3) is 0 Å². The molecule has 0 amide bonds. The van der Waals surface area contributed by atoms with E-state index in [1.807, 2.05) is 35.2 Å². The molecular formula is C47H35BrF9N13O2. The highest BCUT2D eigenvalue weighted by molar-refractivity contribution is 9.10. The molecule has 1 saturated heterocycles. The smallest absolute Gasteiger partial charge is 0.323 e. The fourth-order valence-electron chi connectivity index (χ4n) is 7.97. The van der Waals surface area contributed by atoms with E-state index in [1.165, 1.54) is 24.4 Å². The number of piperazine rings is 1. The van der Waals surface area contributed by atoms with Crippen LogP contribution in [0.2, 0.25) is 0 Å². The van der Waals surface area contributed by atoms with Crippen molar-refractivity contribution >= 4 is 27.3 Å². The molecule has 0 bridgehead atoms. The molecule has 2 N–H and O–H groups in total. The first-order valence-electron chi connectivity index (χ1n) is 21.2. The average Bonchev–Trinajstić information content (AvgIpc) is 4.09. The van der Waals surface area contributed by atoms with Crippen LogP contribution in [0.15, 0.2) is 133 Å². The maximum atomic E-state index is 16.1. The number of rotatable bonds is 13. The van der Waals surface area contributed by atoms with Crippen LogP contribution in [0.3, 0.4) is 0 Å². The maximum absolute atomic E-state index is 16.1. The highest BCUT2D eigenvalue weighted by atomic mass is 79.9. The lowest BCUT2D eigenvalue weighted by molar-refractivity contribution is -0.207. The number of benzene rings is 4. The van der Waals surface area contributed by atoms with Crippen LogP contribution in [0, 0.1) is 40.4 Å². The zero-order valence-electron chi connectivity index (χ0n) is 36.9. The second-order valence-electron chi connectivity index (χ2n) is 16.2. The molecule has 5 heterocycles. The monoisotopic (exact) mass is 1060 g/mol. The van der Waals surface area contributed by atoms with E-state index in [-0.39, 0.29) is 5.56 Å². The molecule has 1 aliphatic heterocycles. The number of aromatic nitrogens is 10. The quantitative estimate of drug-likeness (QED) is 0.107. The van der Waals surface area contributed by atoms with Gasteiger partial charge < -0.3 is 20.0 Å². The van der Waals surface area contributed by atoms with Gasteiger partial charge in [-0.1, -0.05) is 18.2 Å². The van der Waals surface area contributed by atoms with Gasteiger partial charge in [0.15, 0.2) is 11.2 Å². The number of tetrazole rings is 2. The highest BCUT2D eigenvalue weighted by Crippen LogP contribution is 2.48. The van der Waals surface area contributed by atoms with Gasteiger partial charge in [0.1, 0.15) is 53.1 Å². The molecule has 72 heavy (non-hydrogen) atoms. The minimum atomic E-state index is -4.16. The molecule has 0 spiro atoms. The van der Waals surface area contributed by atoms with Crippen LogP contribution in [0.25, 0.3) is 11.1 Å². The summed E-state index contributed by atoms with van der Waals surface area (Å²) in [5.74, 6) is -13.3. The van der Waals surface area contributed by atoms with E-state index in [4.69, 9.17) is 5.26 Å². The van der Waals surface area contributed by atoms with Gasteiger partial charge in [-0.3, -0.25) is 9.97 Å². The summed E-state index contributed by atoms with van der Waals surface area (Å²) in [6, 6.07) is 22.4. The normalized spacial score (nSPS) is 14.7. The van der Waals surface area contributed by atoms with Gasteiger partial charge in [-0.05, 0) is 115 Å². The lowest BCUT2D eigenvalue weighted by Crippen LogP contribution is -2.48. The van der Waals surface area contributed by atoms with Crippen molar-refractivity contribution < 1.29 is 49.7 Å². The van der Waals surface area contributed by atoms with Crippen molar-refractivity contribution in [2.75, 3.05) is 36.0 Å². The Morgan fingerprint density at radius 3 is 1.50 bits per heavy atom. The van der Waals surface area contributed by atoms with Crippen LogP contribution in [-0.2, 0) is 36.1 Å². The van der Waals surface area contributed by atoms with Gasteiger partial charge in [-0.25, -0.2) is 31.3 Å². The molecule has 2 atom stereocenters. The molecule has 1 aliphatic rings. The van der Waals surface area contributed by atoms with E-state index in [1.54, 1.807) is 12.1 Å². The van der Waals surface area contributed by atoms with E-state index in [0.717, 1.165) is 70.3 Å². The van der Waals surface area contributed by atoms with Crippen molar-refractivity contribution in [1.82, 2.24) is 50.4 Å². The van der Waals surface area contributed by atoms with Gasteiger partial charge in [-0.2, -0.15) is 22.8 Å². The summed E-state index contributed by atoms with van der Waals surface area (Å²) in [6.45, 7) is 0.570. The Bertz CT molecular complexity index is 3180. The second kappa shape index (κ2) is 20.5. The third-order valence-electron chi connectivity index (χ3n) is 11.8. The Hall–Kier alpha value is -7.82. The average molecular weight is 1060 g/mol. The number of pyridine rings is 2. The van der Waals surface area contributed by atoms with Gasteiger partial charge in [0.2, 0.25) is 0 Å². The van der Waals surface area contributed by atoms with Crippen LogP contribution in [-0.4, -0.2) is 86.8 Å². The van der Waals surface area contributed by atoms with Gasteiger partial charge in [0, 0.05) is 77.6 Å². The van der Waals surface area contributed by atoms with E-state index < -0.39 is 87.7 Å². The van der Waals surface area contributed by atoms with Gasteiger partial charge in [-0.15, -0.1) is 10.2 Å². The lowest BCUT2D eigenvalue weighted by atomic mass is 9.84. The first kappa shape index (κ1) is 50.6. The highest BCUT2D eigenvalue weighted by Gasteiger charge is 2.59. The number of hydrogen-bond acceptors (Lipinski definition) is 13. The fraction of sp³-hybridized carbons (Fsp3) is 0.213. The predicted octanol–water partition coefficient (Wildman–Crippen LogP) is 7.82. The van der Waals surface area contributed by atoms with E-state index in [0.29, 0.717) is 59.6 Å². The zero-order chi connectivity index (χ0) is 51.4. The molecule has 0 aliphatic carbocycles. The van der Waals surface area contributed by atoms with Crippen molar-refractivity contribution in [1.29, 1.82) is 5.26 Å². The molecule has 370 valence electrons. The molecule has 0 unspecified atom stereocenters. The number of anilines is 2. The fourth-order valence-corrected chi connectivity index (χ4v) is 8.20. The molecule has 0 saturated carbocycles. The van der Waals surface area contributed by atoms with Gasteiger partial charge >= 0.3 is 11.8 Å². The summed E-state index contributed by atoms with van der Waals surface area (Å²) in [5, 5.41) is 51.5. The third-order valence-corrected chi connectivity index (χ3v) is 12.2. The molecular weight excluding hydrogens is 1030 g/mol. The molecule has 0 radical (unpaired) electrons. The van der Waals surface area contributed by atoms with E-state index in [2.05, 4.69) is 61.8 Å². The second-order valence-corrected chi connectivity index (χ2v) is 17.1. The number of nitriles is 1. The molecule has 15 nitrogen and oxygen atoms in total. The van der Waals surface area contributed by atoms with Crippen molar-refractivity contribution in [2.24, 2.45) is 0 Å². The zero-order valence-corrected chi connectivity index (χ0v) is 38.4. The van der Waals surface area contributed by atoms with E-state index in [9.17, 15) is 32.2 Å². The van der Waals surface area contributed by atoms with E-state index >= 15 is 17.6 Å². The van der Waals surface area contributed by atoms with Gasteiger partial charge in [0.05, 0.1) is 30.4 Å². The van der Waals surface area contributed by atoms with Crippen molar-refractivity contribution in [3.8, 4) is 17.2 Å². The number of aliphatic hydroxyl groups is 2. The third kappa shape index (κ3) is 10.2. The summed E-state index contributed by atoms with van der Waals surface area (Å²) < 4.78 is 135. The maximum Gasteiger partial charge on any atom is 0.323 e. The number of alkyl halides is 4. The van der Waals surface area contributed by atoms with Crippen LogP contribution < -0.4 is 9.80 Å². The Morgan fingerprint density at radius 2 is 1.07 bits per heavy atom. The van der Waals surface area contributed by atoms with Crippen LogP contribution >= 0.6 is 15.9 Å². The molecule has 8 aromatic rings. The van der Waals surface area contributed by atoms with Crippen LogP contribution in [0.1, 0.15) is 28.1 Å². The molecule has 4 aromatic heterocycles. The summed E-state index contributed by atoms with van der Waals surface area (Å²) in [6.07, 6.45) is 4.30. The molecule has 9 rings (SSSR count). The summed E-state index contributed by atoms with van der Waals surface area (Å²) in [5.41, 5.74) is -6.83. The SMILES string of the molecule is N#Cc1ccc(N2CCN(c3ccc(-c4ccc(C(F)(F)[C@](O)(Cn5cnnn5)c5ccc(F)cc5F)nc4)cc3)CC2)c(F)c1.O[C@@](Cn1cnnn1)(c1ccc(F)cc1F)C(F)(F)c1ccc(Br)cn1. The van der Waals surface area contributed by atoms with Crippen molar-refractivity contribution in [2.45, 2.75) is 36.1 Å². The predicted molar refractivity (Wildman–Crippen MR) is 241 cm³/mol. The largest absolute Gasteiger partial charge is 0.377 e. The van der Waals surface area contributed by atoms with Crippen molar-refractivity contribution in [3.05, 3.63) is 190 Å². The lowest BCUT2D eigenvalue weighted by Gasteiger charge is -2.37. The Labute approximate surface area is 410 Å². The van der Waals surface area contributed by atoms with Crippen LogP contribution in [0.5, 0.6) is 0 Å². The van der Waals surface area contributed by atoms with Crippen molar-refractivity contribution in [3.63, 3.8) is 0 Å². The Morgan fingerprint density at radius 1 is 0.569 bits per heavy atom. The molecule has 25 heteroatoms. The Kier molecular flexibility index (Phi) is 14.4. The summed E-state index contributed by atoms with van der Waals surface area (Å²) in [7, 11) is 0. The topological polar surface area (TPSA) is 184 Å². The minimum Gasteiger partial charge on any atom is -0.377 e. The first-order chi connectivity index (χ1) is 34.3. The minimum absolute atomic E-state index is 0.265. The Balaban J connectivity index is 0.000000226. The standard InChI is InChI=1S/C32H25F5N8O.C15H10BrF4N5O/c33-24-5-8-26(27(34)16-24)31(46,19-45-20-40-41-42-45)32(36,37)30-10-4-23(18-39-30)22-2-6-25(7-3-22)43-11-13-44(14-12-43)29-9-1-21(17-38)15-28(29)35;16-9-1-4-13(21-6-9)15(19,20)14(26,7-25-8-22-23-24-25)11-3-2-10(17)5-12(11)18/h1-10,15-16,18,20,46H,11-14,19H2;1-6,8,26H,7H2/t31-;14-/m00/s1. The first-order valence-corrected chi connectivity index (χ1v) is 22.0. The molecule has 1 fully saturated rings. The number of hydrogen-bond donors (Lipinski definition) is 2. The summed E-state index contributed by atoms with van der Waals surface area (Å²) >= 11 is 3.07. The number of nitrogens with zero attached hydrogens (tertiary/aromatic N) is 13. The van der Waals surface area contributed by atoms with Crippen LogP contribution in [0.4, 0.5) is 50.9 Å².